The first kappa shape index (κ1) is 12.9. The Kier molecular flexibility index (Phi) is 3.76. The van der Waals surface area contributed by atoms with E-state index in [1.807, 2.05) is 6.07 Å². The number of rotatable bonds is 7. The normalized spacial score (nSPS) is 20.6. The van der Waals surface area contributed by atoms with Gasteiger partial charge in [-0.3, -0.25) is 4.90 Å². The van der Waals surface area contributed by atoms with Gasteiger partial charge in [0.1, 0.15) is 5.75 Å². The quantitative estimate of drug-likeness (QED) is 0.819. The Hall–Kier alpha value is -1.06. The highest BCUT2D eigenvalue weighted by Gasteiger charge is 2.37. The van der Waals surface area contributed by atoms with E-state index >= 15 is 0 Å². The molecule has 1 aromatic rings. The molecule has 1 unspecified atom stereocenters. The van der Waals surface area contributed by atoms with Crippen molar-refractivity contribution in [2.75, 3.05) is 20.2 Å². The van der Waals surface area contributed by atoms with E-state index in [0.29, 0.717) is 12.6 Å². The number of benzene rings is 1. The molecule has 3 heteroatoms. The lowest BCUT2D eigenvalue weighted by molar-refractivity contribution is 0.182. The van der Waals surface area contributed by atoms with E-state index in [1.54, 1.807) is 7.11 Å². The molecule has 1 atom stereocenters. The zero-order valence-corrected chi connectivity index (χ0v) is 11.7. The minimum absolute atomic E-state index is 0.350. The van der Waals surface area contributed by atoms with Gasteiger partial charge in [0.05, 0.1) is 7.11 Å². The van der Waals surface area contributed by atoms with Gasteiger partial charge in [-0.25, -0.2) is 0 Å². The van der Waals surface area contributed by atoms with Crippen LogP contribution in [0.5, 0.6) is 5.75 Å². The number of nitrogens with zero attached hydrogens (tertiary/aromatic N) is 1. The van der Waals surface area contributed by atoms with Gasteiger partial charge in [-0.05, 0) is 49.3 Å². The van der Waals surface area contributed by atoms with Crippen molar-refractivity contribution in [3.8, 4) is 5.75 Å². The van der Waals surface area contributed by atoms with Gasteiger partial charge < -0.3 is 10.5 Å². The van der Waals surface area contributed by atoms with Crippen LogP contribution in [0, 0.1) is 5.92 Å². The van der Waals surface area contributed by atoms with Crippen molar-refractivity contribution in [2.45, 2.75) is 37.8 Å². The number of nitrogens with two attached hydrogens (primary N) is 1. The fourth-order valence-corrected chi connectivity index (χ4v) is 2.85. The Morgan fingerprint density at radius 2 is 2.11 bits per heavy atom. The number of methoxy groups -OCH3 is 1. The second-order valence-corrected chi connectivity index (χ2v) is 5.90. The zero-order valence-electron chi connectivity index (χ0n) is 11.7. The maximum absolute atomic E-state index is 6.08. The van der Waals surface area contributed by atoms with E-state index < -0.39 is 0 Å². The van der Waals surface area contributed by atoms with E-state index in [4.69, 9.17) is 10.5 Å². The summed E-state index contributed by atoms with van der Waals surface area (Å²) >= 11 is 0. The molecule has 104 valence electrons. The summed E-state index contributed by atoms with van der Waals surface area (Å²) < 4.78 is 5.34. The van der Waals surface area contributed by atoms with Crippen LogP contribution in [0.25, 0.3) is 0 Å². The standard InChI is InChI=1S/C16H24N2O/c1-19-15-4-2-3-13(9-15)16(10-17)18(14-7-8-14)11-12-5-6-12/h2-4,9,12,14,16H,5-8,10-11,17H2,1H3. The topological polar surface area (TPSA) is 38.5 Å². The van der Waals surface area contributed by atoms with E-state index in [2.05, 4.69) is 23.1 Å². The Morgan fingerprint density at radius 1 is 1.32 bits per heavy atom. The predicted octanol–water partition coefficient (Wildman–Crippen LogP) is 2.57. The molecule has 0 radical (unpaired) electrons. The molecule has 0 saturated heterocycles. The molecule has 19 heavy (non-hydrogen) atoms. The smallest absolute Gasteiger partial charge is 0.119 e. The molecule has 2 saturated carbocycles. The minimum atomic E-state index is 0.350. The first-order valence-electron chi connectivity index (χ1n) is 7.41. The largest absolute Gasteiger partial charge is 0.497 e. The van der Waals surface area contributed by atoms with Gasteiger partial charge in [0.2, 0.25) is 0 Å². The molecule has 0 spiro atoms. The molecular formula is C16H24N2O. The Balaban J connectivity index is 1.79. The molecule has 0 amide bonds. The van der Waals surface area contributed by atoms with Crippen LogP contribution in [0.2, 0.25) is 0 Å². The molecule has 3 nitrogen and oxygen atoms in total. The molecule has 3 rings (SSSR count). The summed E-state index contributed by atoms with van der Waals surface area (Å²) in [6.45, 7) is 1.92. The Bertz CT molecular complexity index is 427. The maximum Gasteiger partial charge on any atom is 0.119 e. The average molecular weight is 260 g/mol. The summed E-state index contributed by atoms with van der Waals surface area (Å²) in [5.41, 5.74) is 7.38. The van der Waals surface area contributed by atoms with Crippen LogP contribution in [0.15, 0.2) is 24.3 Å². The fourth-order valence-electron chi connectivity index (χ4n) is 2.85. The number of hydrogen-bond acceptors (Lipinski definition) is 3. The van der Waals surface area contributed by atoms with Gasteiger partial charge in [0.15, 0.2) is 0 Å². The predicted molar refractivity (Wildman–Crippen MR) is 77.2 cm³/mol. The van der Waals surface area contributed by atoms with Crippen LogP contribution < -0.4 is 10.5 Å². The summed E-state index contributed by atoms with van der Waals surface area (Å²) in [5, 5.41) is 0. The molecule has 1 aromatic carbocycles. The van der Waals surface area contributed by atoms with Gasteiger partial charge in [0.25, 0.3) is 0 Å². The third-order valence-corrected chi connectivity index (χ3v) is 4.28. The van der Waals surface area contributed by atoms with Crippen molar-refractivity contribution in [3.05, 3.63) is 29.8 Å². The van der Waals surface area contributed by atoms with Crippen molar-refractivity contribution in [1.82, 2.24) is 4.90 Å². The highest BCUT2D eigenvalue weighted by molar-refractivity contribution is 5.31. The molecule has 0 aliphatic heterocycles. The molecule has 0 bridgehead atoms. The molecule has 2 aliphatic rings. The van der Waals surface area contributed by atoms with Crippen molar-refractivity contribution < 1.29 is 4.74 Å². The van der Waals surface area contributed by atoms with Gasteiger partial charge >= 0.3 is 0 Å². The van der Waals surface area contributed by atoms with Crippen molar-refractivity contribution in [2.24, 2.45) is 11.7 Å². The Morgan fingerprint density at radius 3 is 2.68 bits per heavy atom. The van der Waals surface area contributed by atoms with Crippen molar-refractivity contribution in [1.29, 1.82) is 0 Å². The SMILES string of the molecule is COc1cccc(C(CN)N(CC2CC2)C2CC2)c1. The zero-order chi connectivity index (χ0) is 13.2. The first-order chi connectivity index (χ1) is 9.31. The summed E-state index contributed by atoms with van der Waals surface area (Å²) in [6.07, 6.45) is 5.48. The lowest BCUT2D eigenvalue weighted by Crippen LogP contribution is -2.37. The van der Waals surface area contributed by atoms with Crippen LogP contribution >= 0.6 is 0 Å². The highest BCUT2D eigenvalue weighted by Crippen LogP contribution is 2.39. The lowest BCUT2D eigenvalue weighted by Gasteiger charge is -2.31. The van der Waals surface area contributed by atoms with Crippen LogP contribution in [-0.4, -0.2) is 31.1 Å². The van der Waals surface area contributed by atoms with Gasteiger partial charge in [0, 0.05) is 25.2 Å². The van der Waals surface area contributed by atoms with Gasteiger partial charge in [-0.2, -0.15) is 0 Å². The molecule has 0 heterocycles. The highest BCUT2D eigenvalue weighted by atomic mass is 16.5. The summed E-state index contributed by atoms with van der Waals surface area (Å²) in [6, 6.07) is 9.50. The molecule has 2 fully saturated rings. The molecule has 2 aliphatic carbocycles. The van der Waals surface area contributed by atoms with Crippen molar-refractivity contribution in [3.63, 3.8) is 0 Å². The second-order valence-electron chi connectivity index (χ2n) is 5.90. The number of hydrogen-bond donors (Lipinski definition) is 1. The monoisotopic (exact) mass is 260 g/mol. The third-order valence-electron chi connectivity index (χ3n) is 4.28. The van der Waals surface area contributed by atoms with Crippen molar-refractivity contribution >= 4 is 0 Å². The average Bonchev–Trinajstić information content (AvgIpc) is 3.31. The van der Waals surface area contributed by atoms with Crippen LogP contribution in [0.3, 0.4) is 0 Å². The Labute approximate surface area is 115 Å². The van der Waals surface area contributed by atoms with Crippen LogP contribution in [0.1, 0.15) is 37.3 Å². The van der Waals surface area contributed by atoms with E-state index in [-0.39, 0.29) is 0 Å². The second kappa shape index (κ2) is 5.51. The third kappa shape index (κ3) is 3.10. The van der Waals surface area contributed by atoms with Gasteiger partial charge in [-0.15, -0.1) is 0 Å². The fraction of sp³-hybridized carbons (Fsp3) is 0.625. The molecule has 2 N–H and O–H groups in total. The van der Waals surface area contributed by atoms with E-state index in [9.17, 15) is 0 Å². The number of ether oxygens (including phenoxy) is 1. The first-order valence-corrected chi connectivity index (χ1v) is 7.41. The summed E-state index contributed by atoms with van der Waals surface area (Å²) in [4.78, 5) is 2.65. The van der Waals surface area contributed by atoms with Gasteiger partial charge in [-0.1, -0.05) is 12.1 Å². The minimum Gasteiger partial charge on any atom is -0.497 e. The maximum atomic E-state index is 6.08. The summed E-state index contributed by atoms with van der Waals surface area (Å²) in [7, 11) is 1.72. The van der Waals surface area contributed by atoms with Crippen LogP contribution in [0.4, 0.5) is 0 Å². The lowest BCUT2D eigenvalue weighted by atomic mass is 10.0. The molecule has 0 aromatic heterocycles. The van der Waals surface area contributed by atoms with E-state index in [0.717, 1.165) is 17.7 Å². The molecular weight excluding hydrogens is 236 g/mol. The van der Waals surface area contributed by atoms with Crippen LogP contribution in [-0.2, 0) is 0 Å². The summed E-state index contributed by atoms with van der Waals surface area (Å²) in [5.74, 6) is 1.85. The van der Waals surface area contributed by atoms with E-state index in [1.165, 1.54) is 37.8 Å².